The second kappa shape index (κ2) is 5.68. The third-order valence-corrected chi connectivity index (χ3v) is 4.54. The Morgan fingerprint density at radius 2 is 2.21 bits per heavy atom. The Morgan fingerprint density at radius 1 is 1.47 bits per heavy atom. The maximum absolute atomic E-state index is 11.9. The first-order valence-corrected chi connectivity index (χ1v) is 7.29. The first-order chi connectivity index (χ1) is 8.97. The minimum atomic E-state index is -1.15. The highest BCUT2D eigenvalue weighted by molar-refractivity contribution is 7.16. The molecule has 0 spiro atoms. The number of hydrogen-bond acceptors (Lipinski definition) is 5. The number of rotatable bonds is 4. The van der Waals surface area contributed by atoms with E-state index in [2.05, 4.69) is 10.3 Å². The van der Waals surface area contributed by atoms with E-state index in [9.17, 15) is 9.59 Å². The van der Waals surface area contributed by atoms with E-state index in [4.69, 9.17) is 16.7 Å². The van der Waals surface area contributed by atoms with Gasteiger partial charge in [0.25, 0.3) is 5.91 Å². The number of amides is 1. The molecule has 8 heteroatoms. The lowest BCUT2D eigenvalue weighted by Gasteiger charge is -2.10. The van der Waals surface area contributed by atoms with Gasteiger partial charge in [0.2, 0.25) is 0 Å². The van der Waals surface area contributed by atoms with Crippen molar-refractivity contribution in [2.75, 3.05) is 0 Å². The molecule has 0 saturated carbocycles. The number of nitrogens with zero attached hydrogens (tertiary/aromatic N) is 1. The van der Waals surface area contributed by atoms with Crippen LogP contribution in [-0.4, -0.2) is 22.0 Å². The average molecular weight is 317 g/mol. The molecule has 0 bridgehead atoms. The SMILES string of the molecule is CC(NC(=O)c1nc(C(=O)O)cs1)c1ccc(Cl)s1. The van der Waals surface area contributed by atoms with E-state index in [0.29, 0.717) is 4.34 Å². The largest absolute Gasteiger partial charge is 0.476 e. The molecule has 2 aromatic rings. The number of carboxylic acid groups (broad SMARTS) is 1. The van der Waals surface area contributed by atoms with Crippen LogP contribution in [0.1, 0.15) is 38.1 Å². The maximum Gasteiger partial charge on any atom is 0.355 e. The number of halogens is 1. The quantitative estimate of drug-likeness (QED) is 0.908. The van der Waals surface area contributed by atoms with E-state index < -0.39 is 11.9 Å². The highest BCUT2D eigenvalue weighted by Gasteiger charge is 2.17. The van der Waals surface area contributed by atoms with Gasteiger partial charge in [-0.25, -0.2) is 9.78 Å². The van der Waals surface area contributed by atoms with Crippen molar-refractivity contribution in [2.24, 2.45) is 0 Å². The first-order valence-electron chi connectivity index (χ1n) is 5.22. The van der Waals surface area contributed by atoms with Gasteiger partial charge in [0.05, 0.1) is 10.4 Å². The second-order valence-electron chi connectivity index (χ2n) is 3.68. The Kier molecular flexibility index (Phi) is 4.18. The van der Waals surface area contributed by atoms with Crippen molar-refractivity contribution >= 4 is 46.2 Å². The van der Waals surface area contributed by atoms with Crippen molar-refractivity contribution in [3.63, 3.8) is 0 Å². The van der Waals surface area contributed by atoms with Gasteiger partial charge in [-0.05, 0) is 19.1 Å². The lowest BCUT2D eigenvalue weighted by atomic mass is 10.3. The van der Waals surface area contributed by atoms with Crippen molar-refractivity contribution in [3.8, 4) is 0 Å². The molecule has 0 aliphatic carbocycles. The molecular weight excluding hydrogens is 308 g/mol. The van der Waals surface area contributed by atoms with Gasteiger partial charge in [-0.15, -0.1) is 22.7 Å². The van der Waals surface area contributed by atoms with E-state index in [1.807, 2.05) is 13.0 Å². The van der Waals surface area contributed by atoms with Gasteiger partial charge in [0.1, 0.15) is 0 Å². The Balaban J connectivity index is 2.06. The third-order valence-electron chi connectivity index (χ3n) is 2.29. The van der Waals surface area contributed by atoms with E-state index >= 15 is 0 Å². The molecule has 0 aliphatic heterocycles. The van der Waals surface area contributed by atoms with Crippen LogP contribution in [0.4, 0.5) is 0 Å². The number of carbonyl (C=O) groups is 2. The Hall–Kier alpha value is -1.44. The number of carbonyl (C=O) groups excluding carboxylic acids is 1. The molecule has 1 amide bonds. The highest BCUT2D eigenvalue weighted by atomic mass is 35.5. The molecule has 0 saturated heterocycles. The van der Waals surface area contributed by atoms with Gasteiger partial charge >= 0.3 is 5.97 Å². The summed E-state index contributed by atoms with van der Waals surface area (Å²) in [6.45, 7) is 1.83. The number of thiazole rings is 1. The van der Waals surface area contributed by atoms with Gasteiger partial charge in [-0.1, -0.05) is 11.6 Å². The molecular formula is C11H9ClN2O3S2. The molecule has 2 rings (SSSR count). The van der Waals surface area contributed by atoms with Gasteiger partial charge in [-0.2, -0.15) is 0 Å². The fraction of sp³-hybridized carbons (Fsp3) is 0.182. The molecule has 2 N–H and O–H groups in total. The Labute approximate surface area is 121 Å². The molecule has 100 valence electrons. The number of thiophene rings is 1. The molecule has 1 unspecified atom stereocenters. The molecule has 0 aromatic carbocycles. The van der Waals surface area contributed by atoms with Crippen LogP contribution in [0.2, 0.25) is 4.34 Å². The highest BCUT2D eigenvalue weighted by Crippen LogP contribution is 2.26. The Morgan fingerprint density at radius 3 is 2.74 bits per heavy atom. The Bertz CT molecular complexity index is 623. The molecule has 2 heterocycles. The molecule has 1 atom stereocenters. The van der Waals surface area contributed by atoms with Crippen molar-refractivity contribution < 1.29 is 14.7 Å². The van der Waals surface area contributed by atoms with Gasteiger partial charge in [0.15, 0.2) is 10.7 Å². The van der Waals surface area contributed by atoms with Crippen molar-refractivity contribution in [1.29, 1.82) is 0 Å². The lowest BCUT2D eigenvalue weighted by Crippen LogP contribution is -2.26. The summed E-state index contributed by atoms with van der Waals surface area (Å²) in [5.41, 5.74) is -0.123. The summed E-state index contributed by atoms with van der Waals surface area (Å²) in [5, 5.41) is 13.0. The molecule has 0 radical (unpaired) electrons. The first kappa shape index (κ1) is 14.0. The normalized spacial score (nSPS) is 12.1. The predicted octanol–water partition coefficient (Wildman–Crippen LogP) is 3.05. The van der Waals surface area contributed by atoms with Crippen LogP contribution in [0.25, 0.3) is 0 Å². The number of nitrogens with one attached hydrogen (secondary N) is 1. The zero-order valence-corrected chi connectivity index (χ0v) is 12.1. The third kappa shape index (κ3) is 3.31. The van der Waals surface area contributed by atoms with Crippen LogP contribution >= 0.6 is 34.3 Å². The van der Waals surface area contributed by atoms with Crippen LogP contribution in [0.5, 0.6) is 0 Å². The van der Waals surface area contributed by atoms with Crippen LogP contribution in [-0.2, 0) is 0 Å². The molecule has 0 aliphatic rings. The second-order valence-corrected chi connectivity index (χ2v) is 6.28. The van der Waals surface area contributed by atoms with Crippen molar-refractivity contribution in [2.45, 2.75) is 13.0 Å². The number of carboxylic acids is 1. The van der Waals surface area contributed by atoms with E-state index in [0.717, 1.165) is 16.2 Å². The van der Waals surface area contributed by atoms with Crippen LogP contribution < -0.4 is 5.32 Å². The fourth-order valence-electron chi connectivity index (χ4n) is 1.37. The predicted molar refractivity (Wildman–Crippen MR) is 74.3 cm³/mol. The lowest BCUT2D eigenvalue weighted by molar-refractivity contribution is 0.0691. The monoisotopic (exact) mass is 316 g/mol. The number of hydrogen-bond donors (Lipinski definition) is 2. The minimum absolute atomic E-state index is 0.123. The molecule has 0 fully saturated rings. The van der Waals surface area contributed by atoms with E-state index in [1.54, 1.807) is 6.07 Å². The number of aromatic nitrogens is 1. The summed E-state index contributed by atoms with van der Waals surface area (Å²) in [4.78, 5) is 27.2. The van der Waals surface area contributed by atoms with Gasteiger partial charge in [0, 0.05) is 10.3 Å². The zero-order chi connectivity index (χ0) is 14.0. The van der Waals surface area contributed by atoms with Crippen LogP contribution in [0, 0.1) is 0 Å². The summed E-state index contributed by atoms with van der Waals surface area (Å²) in [6, 6.07) is 3.39. The zero-order valence-electron chi connectivity index (χ0n) is 9.71. The smallest absolute Gasteiger partial charge is 0.355 e. The standard InChI is InChI=1S/C11H9ClN2O3S2/c1-5(7-2-3-8(12)19-7)13-9(15)10-14-6(4-18-10)11(16)17/h2-5H,1H3,(H,13,15)(H,16,17). The topological polar surface area (TPSA) is 79.3 Å². The minimum Gasteiger partial charge on any atom is -0.476 e. The average Bonchev–Trinajstić information content (AvgIpc) is 2.96. The summed E-state index contributed by atoms with van der Waals surface area (Å²) in [6.07, 6.45) is 0. The van der Waals surface area contributed by atoms with Gasteiger partial charge in [-0.3, -0.25) is 4.79 Å². The van der Waals surface area contributed by atoms with E-state index in [1.165, 1.54) is 16.7 Å². The summed E-state index contributed by atoms with van der Waals surface area (Å²) in [5.74, 6) is -1.54. The fourth-order valence-corrected chi connectivity index (χ4v) is 3.12. The molecule has 5 nitrogen and oxygen atoms in total. The molecule has 19 heavy (non-hydrogen) atoms. The van der Waals surface area contributed by atoms with Crippen LogP contribution in [0.15, 0.2) is 17.5 Å². The summed E-state index contributed by atoms with van der Waals surface area (Å²) in [7, 11) is 0. The van der Waals surface area contributed by atoms with Crippen molar-refractivity contribution in [1.82, 2.24) is 10.3 Å². The van der Waals surface area contributed by atoms with Gasteiger partial charge < -0.3 is 10.4 Å². The number of aromatic carboxylic acids is 1. The van der Waals surface area contributed by atoms with E-state index in [-0.39, 0.29) is 16.7 Å². The maximum atomic E-state index is 11.9. The van der Waals surface area contributed by atoms with Crippen LogP contribution in [0.3, 0.4) is 0 Å². The molecule has 2 aromatic heterocycles. The summed E-state index contributed by atoms with van der Waals surface area (Å²) < 4.78 is 0.651. The van der Waals surface area contributed by atoms with Crippen molar-refractivity contribution in [3.05, 3.63) is 37.4 Å². The summed E-state index contributed by atoms with van der Waals surface area (Å²) >= 11 is 8.21.